The van der Waals surface area contributed by atoms with Crippen molar-refractivity contribution in [2.75, 3.05) is 38.2 Å². The van der Waals surface area contributed by atoms with Crippen molar-refractivity contribution in [3.8, 4) is 11.6 Å². The van der Waals surface area contributed by atoms with Gasteiger partial charge < -0.3 is 14.5 Å². The predicted molar refractivity (Wildman–Crippen MR) is 102 cm³/mol. The Morgan fingerprint density at radius 1 is 1.00 bits per heavy atom. The number of carbonyl (C=O) groups is 1. The number of amides is 1. The van der Waals surface area contributed by atoms with Gasteiger partial charge in [0, 0.05) is 26.2 Å². The molecule has 0 unspecified atom stereocenters. The summed E-state index contributed by atoms with van der Waals surface area (Å²) >= 11 is 0. The minimum absolute atomic E-state index is 0.137. The van der Waals surface area contributed by atoms with E-state index in [1.807, 2.05) is 41.3 Å². The number of rotatable bonds is 5. The number of hydrogen-bond acceptors (Lipinski definition) is 7. The molecule has 1 aliphatic heterocycles. The summed E-state index contributed by atoms with van der Waals surface area (Å²) in [5.41, 5.74) is 0.989. The second-order valence-electron chi connectivity index (χ2n) is 6.48. The maximum Gasteiger partial charge on any atom is 0.227 e. The summed E-state index contributed by atoms with van der Waals surface area (Å²) < 4.78 is 6.71. The van der Waals surface area contributed by atoms with E-state index in [2.05, 4.69) is 25.2 Å². The molecular weight excluding hydrogens is 358 g/mol. The van der Waals surface area contributed by atoms with Crippen molar-refractivity contribution in [3.05, 3.63) is 54.6 Å². The molecule has 0 spiro atoms. The molecule has 144 valence electrons. The fraction of sp³-hybridized carbons (Fsp3) is 0.316. The van der Waals surface area contributed by atoms with Crippen molar-refractivity contribution < 1.29 is 9.53 Å². The van der Waals surface area contributed by atoms with Crippen molar-refractivity contribution in [3.63, 3.8) is 0 Å². The molecule has 0 radical (unpaired) electrons. The van der Waals surface area contributed by atoms with Crippen LogP contribution in [-0.4, -0.2) is 69.1 Å². The van der Waals surface area contributed by atoms with E-state index < -0.39 is 0 Å². The summed E-state index contributed by atoms with van der Waals surface area (Å²) in [4.78, 5) is 20.5. The largest absolute Gasteiger partial charge is 0.497 e. The minimum atomic E-state index is 0.137. The van der Waals surface area contributed by atoms with Crippen molar-refractivity contribution in [2.24, 2.45) is 0 Å². The third-order valence-corrected chi connectivity index (χ3v) is 4.76. The Morgan fingerprint density at radius 2 is 1.71 bits per heavy atom. The van der Waals surface area contributed by atoms with Gasteiger partial charge in [-0.05, 0) is 29.8 Å². The maximum absolute atomic E-state index is 12.6. The average Bonchev–Trinajstić information content (AvgIpc) is 3.29. The first-order chi connectivity index (χ1) is 13.7. The fourth-order valence-corrected chi connectivity index (χ4v) is 3.15. The molecule has 1 fully saturated rings. The van der Waals surface area contributed by atoms with Gasteiger partial charge >= 0.3 is 0 Å². The molecule has 1 aliphatic rings. The fourth-order valence-electron chi connectivity index (χ4n) is 3.15. The zero-order chi connectivity index (χ0) is 19.3. The number of benzene rings is 1. The molecule has 4 rings (SSSR count). The summed E-state index contributed by atoms with van der Waals surface area (Å²) in [6, 6.07) is 11.4. The molecule has 1 aromatic carbocycles. The van der Waals surface area contributed by atoms with E-state index in [-0.39, 0.29) is 5.91 Å². The van der Waals surface area contributed by atoms with Gasteiger partial charge in [-0.3, -0.25) is 4.79 Å². The first-order valence-corrected chi connectivity index (χ1v) is 9.07. The minimum Gasteiger partial charge on any atom is -0.497 e. The van der Waals surface area contributed by atoms with Gasteiger partial charge in [-0.25, -0.2) is 9.67 Å². The van der Waals surface area contributed by atoms with Gasteiger partial charge in [0.15, 0.2) is 11.6 Å². The molecule has 1 saturated heterocycles. The van der Waals surface area contributed by atoms with Crippen LogP contribution >= 0.6 is 0 Å². The highest BCUT2D eigenvalue weighted by Gasteiger charge is 2.22. The molecule has 3 heterocycles. The molecule has 1 amide bonds. The normalized spacial score (nSPS) is 14.2. The zero-order valence-electron chi connectivity index (χ0n) is 15.6. The number of carbonyl (C=O) groups excluding carboxylic acids is 1. The van der Waals surface area contributed by atoms with E-state index >= 15 is 0 Å². The standard InChI is InChI=1S/C19H21N7O2/c1-28-16-4-2-15(3-5-16)12-19(27)25-10-8-24(9-11-25)17-6-7-18(23-22-17)26-14-20-13-21-26/h2-7,13-14H,8-12H2,1H3. The second kappa shape index (κ2) is 8.03. The van der Waals surface area contributed by atoms with Gasteiger partial charge in [0.05, 0.1) is 13.5 Å². The molecular formula is C19H21N7O2. The molecule has 3 aromatic rings. The van der Waals surface area contributed by atoms with Crippen LogP contribution in [-0.2, 0) is 11.2 Å². The molecule has 0 N–H and O–H groups in total. The van der Waals surface area contributed by atoms with Crippen molar-refractivity contribution in [2.45, 2.75) is 6.42 Å². The molecule has 28 heavy (non-hydrogen) atoms. The number of methoxy groups -OCH3 is 1. The number of ether oxygens (including phenoxy) is 1. The Labute approximate surface area is 162 Å². The summed E-state index contributed by atoms with van der Waals surface area (Å²) in [5, 5.41) is 12.5. The Balaban J connectivity index is 1.31. The molecule has 2 aromatic heterocycles. The number of anilines is 1. The van der Waals surface area contributed by atoms with Gasteiger partial charge in [0.1, 0.15) is 18.4 Å². The smallest absolute Gasteiger partial charge is 0.227 e. The number of piperazine rings is 1. The van der Waals surface area contributed by atoms with Gasteiger partial charge in [0.25, 0.3) is 0 Å². The van der Waals surface area contributed by atoms with E-state index in [0.717, 1.165) is 30.2 Å². The SMILES string of the molecule is COc1ccc(CC(=O)N2CCN(c3ccc(-n4cncn4)nn3)CC2)cc1. The summed E-state index contributed by atoms with van der Waals surface area (Å²) in [6.45, 7) is 2.79. The van der Waals surface area contributed by atoms with Crippen LogP contribution in [0.2, 0.25) is 0 Å². The van der Waals surface area contributed by atoms with E-state index in [0.29, 0.717) is 25.3 Å². The van der Waals surface area contributed by atoms with Crippen LogP contribution in [0, 0.1) is 0 Å². The third-order valence-electron chi connectivity index (χ3n) is 4.76. The summed E-state index contributed by atoms with van der Waals surface area (Å²) in [7, 11) is 1.63. The first kappa shape index (κ1) is 17.9. The molecule has 9 heteroatoms. The van der Waals surface area contributed by atoms with E-state index in [4.69, 9.17) is 4.74 Å². The number of aromatic nitrogens is 5. The maximum atomic E-state index is 12.6. The van der Waals surface area contributed by atoms with Crippen LogP contribution in [0.5, 0.6) is 5.75 Å². The molecule has 0 saturated carbocycles. The second-order valence-corrected chi connectivity index (χ2v) is 6.48. The van der Waals surface area contributed by atoms with Crippen LogP contribution in [0.1, 0.15) is 5.56 Å². The Hall–Kier alpha value is -3.49. The zero-order valence-corrected chi connectivity index (χ0v) is 15.6. The lowest BCUT2D eigenvalue weighted by molar-refractivity contribution is -0.130. The van der Waals surface area contributed by atoms with Crippen LogP contribution in [0.4, 0.5) is 5.82 Å². The number of nitrogens with zero attached hydrogens (tertiary/aromatic N) is 7. The predicted octanol–water partition coefficient (Wildman–Crippen LogP) is 0.957. The van der Waals surface area contributed by atoms with Crippen LogP contribution < -0.4 is 9.64 Å². The van der Waals surface area contributed by atoms with Crippen LogP contribution in [0.15, 0.2) is 49.1 Å². The monoisotopic (exact) mass is 379 g/mol. The lowest BCUT2D eigenvalue weighted by Gasteiger charge is -2.35. The van der Waals surface area contributed by atoms with Gasteiger partial charge in [-0.2, -0.15) is 5.10 Å². The van der Waals surface area contributed by atoms with Gasteiger partial charge in [0.2, 0.25) is 5.91 Å². The van der Waals surface area contributed by atoms with Gasteiger partial charge in [-0.1, -0.05) is 12.1 Å². The topological polar surface area (TPSA) is 89.3 Å². The van der Waals surface area contributed by atoms with E-state index in [1.54, 1.807) is 18.1 Å². The van der Waals surface area contributed by atoms with Crippen molar-refractivity contribution >= 4 is 11.7 Å². The Morgan fingerprint density at radius 3 is 2.32 bits per heavy atom. The molecule has 0 atom stereocenters. The Kier molecular flexibility index (Phi) is 5.14. The molecule has 9 nitrogen and oxygen atoms in total. The number of hydrogen-bond donors (Lipinski definition) is 0. The lowest BCUT2D eigenvalue weighted by Crippen LogP contribution is -2.49. The lowest BCUT2D eigenvalue weighted by atomic mass is 10.1. The van der Waals surface area contributed by atoms with Crippen LogP contribution in [0.25, 0.3) is 5.82 Å². The van der Waals surface area contributed by atoms with Crippen LogP contribution in [0.3, 0.4) is 0 Å². The molecule has 0 bridgehead atoms. The molecule has 0 aliphatic carbocycles. The van der Waals surface area contributed by atoms with Gasteiger partial charge in [-0.15, -0.1) is 10.2 Å². The average molecular weight is 379 g/mol. The van der Waals surface area contributed by atoms with Crippen molar-refractivity contribution in [1.29, 1.82) is 0 Å². The highest BCUT2D eigenvalue weighted by molar-refractivity contribution is 5.79. The van der Waals surface area contributed by atoms with E-state index in [1.165, 1.54) is 6.33 Å². The van der Waals surface area contributed by atoms with Crippen molar-refractivity contribution in [1.82, 2.24) is 29.9 Å². The first-order valence-electron chi connectivity index (χ1n) is 9.07. The highest BCUT2D eigenvalue weighted by Crippen LogP contribution is 2.16. The third kappa shape index (κ3) is 3.93. The quantitative estimate of drug-likeness (QED) is 0.652. The summed E-state index contributed by atoms with van der Waals surface area (Å²) in [6.07, 6.45) is 3.44. The summed E-state index contributed by atoms with van der Waals surface area (Å²) in [5.74, 6) is 2.35. The Bertz CT molecular complexity index is 902. The van der Waals surface area contributed by atoms with E-state index in [9.17, 15) is 4.79 Å². The highest BCUT2D eigenvalue weighted by atomic mass is 16.5.